The summed E-state index contributed by atoms with van der Waals surface area (Å²) in [6.45, 7) is 5.55. The first-order valence-corrected chi connectivity index (χ1v) is 13.2. The van der Waals surface area contributed by atoms with Gasteiger partial charge in [0.25, 0.3) is 0 Å². The number of amides is 1. The largest absolute Gasteiger partial charge is 0.449 e. The lowest BCUT2D eigenvalue weighted by atomic mass is 10.1. The molecule has 38 heavy (non-hydrogen) atoms. The molecule has 3 heterocycles. The first kappa shape index (κ1) is 26.3. The van der Waals surface area contributed by atoms with Gasteiger partial charge in [0.2, 0.25) is 5.95 Å². The number of rotatable bonds is 9. The van der Waals surface area contributed by atoms with E-state index in [0.29, 0.717) is 32.0 Å². The number of carbonyl (C=O) groups excluding carboxylic acids is 1. The van der Waals surface area contributed by atoms with Gasteiger partial charge in [-0.25, -0.2) is 9.78 Å². The SMILES string of the molecule is CN1CCN(c2ccc(Nc3ncc(C(F)(F)F)c(NCCCN4CCCOC4=O)n3)c(C3CC3)c2)CC1. The lowest BCUT2D eigenvalue weighted by Gasteiger charge is -2.34. The maximum atomic E-state index is 13.7. The number of hydrogen-bond acceptors (Lipinski definition) is 8. The van der Waals surface area contributed by atoms with Gasteiger partial charge in [-0.1, -0.05) is 0 Å². The summed E-state index contributed by atoms with van der Waals surface area (Å²) in [5, 5.41) is 5.98. The molecule has 0 unspecified atom stereocenters. The molecule has 0 radical (unpaired) electrons. The smallest absolute Gasteiger partial charge is 0.421 e. The number of anilines is 4. The average Bonchev–Trinajstić information content (AvgIpc) is 3.73. The maximum absolute atomic E-state index is 13.7. The number of cyclic esters (lactones) is 1. The molecule has 1 amide bonds. The first-order valence-electron chi connectivity index (χ1n) is 13.2. The summed E-state index contributed by atoms with van der Waals surface area (Å²) in [5.41, 5.74) is 2.21. The van der Waals surface area contributed by atoms with Crippen LogP contribution in [-0.4, -0.2) is 85.3 Å². The Balaban J connectivity index is 1.29. The van der Waals surface area contributed by atoms with Crippen molar-refractivity contribution in [2.24, 2.45) is 0 Å². The zero-order chi connectivity index (χ0) is 26.7. The van der Waals surface area contributed by atoms with Crippen molar-refractivity contribution in [2.75, 3.05) is 75.0 Å². The summed E-state index contributed by atoms with van der Waals surface area (Å²) in [7, 11) is 2.12. The van der Waals surface area contributed by atoms with Crippen molar-refractivity contribution in [3.8, 4) is 0 Å². The van der Waals surface area contributed by atoms with Crippen LogP contribution in [0.1, 0.15) is 42.7 Å². The Kier molecular flexibility index (Phi) is 7.78. The van der Waals surface area contributed by atoms with Gasteiger partial charge in [0.15, 0.2) is 0 Å². The van der Waals surface area contributed by atoms with E-state index in [1.54, 1.807) is 4.90 Å². The Morgan fingerprint density at radius 3 is 2.63 bits per heavy atom. The molecule has 2 aliphatic heterocycles. The first-order chi connectivity index (χ1) is 18.3. The van der Waals surface area contributed by atoms with Gasteiger partial charge < -0.3 is 30.1 Å². The predicted octanol–water partition coefficient (Wildman–Crippen LogP) is 4.51. The molecule has 3 fully saturated rings. The third kappa shape index (κ3) is 6.40. The third-order valence-corrected chi connectivity index (χ3v) is 7.21. The van der Waals surface area contributed by atoms with Crippen molar-refractivity contribution in [1.29, 1.82) is 0 Å². The van der Waals surface area contributed by atoms with Gasteiger partial charge in [-0.15, -0.1) is 0 Å². The minimum absolute atomic E-state index is 0.106. The molecule has 2 aromatic rings. The van der Waals surface area contributed by atoms with E-state index in [1.165, 1.54) is 5.69 Å². The molecule has 1 aromatic heterocycles. The van der Waals surface area contributed by atoms with Crippen LogP contribution in [0.4, 0.5) is 41.1 Å². The summed E-state index contributed by atoms with van der Waals surface area (Å²) in [4.78, 5) is 26.2. The van der Waals surface area contributed by atoms with E-state index in [2.05, 4.69) is 43.5 Å². The van der Waals surface area contributed by atoms with Crippen molar-refractivity contribution < 1.29 is 22.7 Å². The number of aromatic nitrogens is 2. The standard InChI is InChI=1S/C26H34F3N7O2/c1-34-11-13-35(14-12-34)19-6-7-22(20(16-19)18-4-5-18)32-24-31-17-21(26(27,28)29)23(33-24)30-8-2-9-36-10-3-15-38-25(36)37/h6-7,16-18H,2-5,8-15H2,1H3,(H2,30,31,32,33). The van der Waals surface area contributed by atoms with E-state index in [4.69, 9.17) is 4.74 Å². The molecule has 206 valence electrons. The number of piperazine rings is 1. The van der Waals surface area contributed by atoms with Crippen LogP contribution >= 0.6 is 0 Å². The number of alkyl halides is 3. The van der Waals surface area contributed by atoms with Crippen molar-refractivity contribution >= 4 is 29.2 Å². The zero-order valence-electron chi connectivity index (χ0n) is 21.6. The van der Waals surface area contributed by atoms with E-state index < -0.39 is 11.7 Å². The van der Waals surface area contributed by atoms with Crippen LogP contribution in [-0.2, 0) is 10.9 Å². The van der Waals surface area contributed by atoms with Crippen molar-refractivity contribution in [3.63, 3.8) is 0 Å². The van der Waals surface area contributed by atoms with Gasteiger partial charge in [0.05, 0.1) is 6.61 Å². The molecular formula is C26H34F3N7O2. The Morgan fingerprint density at radius 1 is 1.13 bits per heavy atom. The van der Waals surface area contributed by atoms with Gasteiger partial charge in [-0.3, -0.25) is 0 Å². The molecule has 0 bridgehead atoms. The fourth-order valence-electron chi connectivity index (χ4n) is 4.84. The second kappa shape index (κ2) is 11.2. The van der Waals surface area contributed by atoms with Crippen LogP contribution < -0.4 is 15.5 Å². The zero-order valence-corrected chi connectivity index (χ0v) is 21.6. The average molecular weight is 534 g/mol. The fourth-order valence-corrected chi connectivity index (χ4v) is 4.84. The molecule has 1 aliphatic carbocycles. The highest BCUT2D eigenvalue weighted by molar-refractivity contribution is 5.68. The second-order valence-corrected chi connectivity index (χ2v) is 10.2. The normalized spacial score (nSPS) is 18.9. The monoisotopic (exact) mass is 533 g/mol. The summed E-state index contributed by atoms with van der Waals surface area (Å²) in [6, 6.07) is 6.22. The van der Waals surface area contributed by atoms with Crippen molar-refractivity contribution in [3.05, 3.63) is 35.5 Å². The molecular weight excluding hydrogens is 499 g/mol. The number of halogens is 3. The fraction of sp³-hybridized carbons (Fsp3) is 0.577. The number of nitrogens with zero attached hydrogens (tertiary/aromatic N) is 5. The lowest BCUT2D eigenvalue weighted by Crippen LogP contribution is -2.44. The topological polar surface area (TPSA) is 85.9 Å². The molecule has 2 saturated heterocycles. The van der Waals surface area contributed by atoms with Gasteiger partial charge >= 0.3 is 12.3 Å². The molecule has 9 nitrogen and oxygen atoms in total. The molecule has 0 spiro atoms. The minimum atomic E-state index is -4.60. The predicted molar refractivity (Wildman–Crippen MR) is 139 cm³/mol. The summed E-state index contributed by atoms with van der Waals surface area (Å²) < 4.78 is 46.0. The molecule has 5 rings (SSSR count). The number of ether oxygens (including phenoxy) is 1. The quantitative estimate of drug-likeness (QED) is 0.456. The van der Waals surface area contributed by atoms with E-state index in [0.717, 1.165) is 62.9 Å². The summed E-state index contributed by atoms with van der Waals surface area (Å²) in [6.07, 6.45) is -0.782. The van der Waals surface area contributed by atoms with Crippen LogP contribution in [0, 0.1) is 0 Å². The second-order valence-electron chi connectivity index (χ2n) is 10.2. The van der Waals surface area contributed by atoms with Crippen LogP contribution in [0.15, 0.2) is 24.4 Å². The molecule has 1 saturated carbocycles. The van der Waals surface area contributed by atoms with Crippen LogP contribution in [0.2, 0.25) is 0 Å². The van der Waals surface area contributed by atoms with Crippen molar-refractivity contribution in [1.82, 2.24) is 19.8 Å². The Labute approximate surface area is 220 Å². The Hall–Kier alpha value is -3.28. The highest BCUT2D eigenvalue weighted by atomic mass is 19.4. The van der Waals surface area contributed by atoms with E-state index in [-0.39, 0.29) is 24.4 Å². The van der Waals surface area contributed by atoms with Gasteiger partial charge in [0.1, 0.15) is 11.4 Å². The third-order valence-electron chi connectivity index (χ3n) is 7.21. The molecule has 3 aliphatic rings. The summed E-state index contributed by atoms with van der Waals surface area (Å²) in [5.74, 6) is 0.256. The molecule has 12 heteroatoms. The molecule has 2 N–H and O–H groups in total. The Morgan fingerprint density at radius 2 is 1.92 bits per heavy atom. The minimum Gasteiger partial charge on any atom is -0.449 e. The molecule has 0 atom stereocenters. The molecule has 1 aromatic carbocycles. The highest BCUT2D eigenvalue weighted by Gasteiger charge is 2.35. The number of benzene rings is 1. The number of nitrogens with one attached hydrogen (secondary N) is 2. The number of carbonyl (C=O) groups is 1. The van der Waals surface area contributed by atoms with Crippen LogP contribution in [0.5, 0.6) is 0 Å². The van der Waals surface area contributed by atoms with Crippen molar-refractivity contribution in [2.45, 2.75) is 37.8 Å². The van der Waals surface area contributed by atoms with E-state index >= 15 is 0 Å². The van der Waals surface area contributed by atoms with Gasteiger partial charge in [-0.05, 0) is 62.4 Å². The van der Waals surface area contributed by atoms with Crippen LogP contribution in [0.3, 0.4) is 0 Å². The summed E-state index contributed by atoms with van der Waals surface area (Å²) >= 11 is 0. The Bertz CT molecular complexity index is 1130. The number of hydrogen-bond donors (Lipinski definition) is 2. The lowest BCUT2D eigenvalue weighted by molar-refractivity contribution is -0.137. The number of likely N-dealkylation sites (N-methyl/N-ethyl adjacent to an activating group) is 1. The van der Waals surface area contributed by atoms with Crippen LogP contribution in [0.25, 0.3) is 0 Å². The van der Waals surface area contributed by atoms with Gasteiger partial charge in [-0.2, -0.15) is 18.2 Å². The maximum Gasteiger partial charge on any atom is 0.421 e. The van der Waals surface area contributed by atoms with Gasteiger partial charge in [0, 0.05) is 63.4 Å². The van der Waals surface area contributed by atoms with E-state index in [1.807, 2.05) is 12.1 Å². The van der Waals surface area contributed by atoms with E-state index in [9.17, 15) is 18.0 Å². The highest BCUT2D eigenvalue weighted by Crippen LogP contribution is 2.45.